The molecule has 9 nitrogen and oxygen atoms in total. The molecule has 2 aliphatic heterocycles. The van der Waals surface area contributed by atoms with E-state index in [1.807, 2.05) is 13.8 Å². The average molecular weight is 611 g/mol. The van der Waals surface area contributed by atoms with Crippen LogP contribution in [0.2, 0.25) is 0 Å². The molecule has 0 radical (unpaired) electrons. The molecule has 2 unspecified atom stereocenters. The third-order valence-corrected chi connectivity index (χ3v) is 9.38. The Morgan fingerprint density at radius 1 is 1.30 bits per heavy atom. The number of aromatic nitrogens is 4. The molecule has 1 amide bonds. The molecule has 1 saturated heterocycles. The Bertz CT molecular complexity index is 1770. The number of ether oxygens (including phenoxy) is 1. The van der Waals surface area contributed by atoms with Crippen LogP contribution >= 0.6 is 11.8 Å². The summed E-state index contributed by atoms with van der Waals surface area (Å²) in [5.74, 6) is 5.13. The van der Waals surface area contributed by atoms with Crippen molar-refractivity contribution in [3.8, 4) is 11.8 Å². The number of allylic oxidation sites excluding steroid dienone is 1. The van der Waals surface area contributed by atoms with Gasteiger partial charge in [0.2, 0.25) is 5.91 Å². The van der Waals surface area contributed by atoms with Gasteiger partial charge in [-0.3, -0.25) is 14.5 Å². The second-order valence-electron chi connectivity index (χ2n) is 10.9. The summed E-state index contributed by atoms with van der Waals surface area (Å²) in [5.41, 5.74) is 0.0265. The minimum absolute atomic E-state index is 0.0176. The predicted octanol–water partition coefficient (Wildman–Crippen LogP) is 4.21. The topological polar surface area (TPSA) is 96.4 Å². The number of nitrogens with zero attached hydrogens (tertiary/aromatic N) is 5. The molecule has 0 spiro atoms. The molecule has 6 rings (SSSR count). The number of methoxy groups -OCH3 is 1. The highest BCUT2D eigenvalue weighted by Gasteiger charge is 2.42. The molecule has 4 heterocycles. The summed E-state index contributed by atoms with van der Waals surface area (Å²) in [6, 6.07) is 0.0680. The Kier molecular flexibility index (Phi) is 7.38. The molecule has 1 aromatic carbocycles. The Morgan fingerprint density at radius 2 is 2.05 bits per heavy atom. The van der Waals surface area contributed by atoms with E-state index in [9.17, 15) is 9.59 Å². The van der Waals surface area contributed by atoms with Crippen LogP contribution in [-0.4, -0.2) is 75.2 Å². The van der Waals surface area contributed by atoms with Gasteiger partial charge in [0, 0.05) is 59.4 Å². The number of anilines is 1. The lowest BCUT2D eigenvalue weighted by molar-refractivity contribution is -0.138. The molecule has 1 aliphatic carbocycles. The zero-order chi connectivity index (χ0) is 30.6. The van der Waals surface area contributed by atoms with Crippen LogP contribution in [0, 0.1) is 11.8 Å². The Balaban J connectivity index is 1.64. The van der Waals surface area contributed by atoms with E-state index in [0.717, 1.165) is 6.07 Å². The predicted molar refractivity (Wildman–Crippen MR) is 158 cm³/mol. The van der Waals surface area contributed by atoms with Crippen molar-refractivity contribution in [3.05, 3.63) is 63.9 Å². The van der Waals surface area contributed by atoms with Crippen molar-refractivity contribution < 1.29 is 22.7 Å². The molecule has 0 saturated carbocycles. The van der Waals surface area contributed by atoms with E-state index >= 15 is 13.2 Å². The van der Waals surface area contributed by atoms with E-state index in [4.69, 9.17) is 4.74 Å². The molecule has 2 aromatic heterocycles. The second-order valence-corrected chi connectivity index (χ2v) is 11.9. The third kappa shape index (κ3) is 4.82. The van der Waals surface area contributed by atoms with Crippen molar-refractivity contribution in [1.29, 1.82) is 0 Å². The van der Waals surface area contributed by atoms with E-state index in [2.05, 4.69) is 33.6 Å². The number of hydrogen-bond acceptors (Lipinski definition) is 7. The maximum atomic E-state index is 15.0. The maximum Gasteiger partial charge on any atom is 0.416 e. The van der Waals surface area contributed by atoms with Crippen molar-refractivity contribution in [1.82, 2.24) is 24.6 Å². The van der Waals surface area contributed by atoms with Crippen molar-refractivity contribution in [2.75, 3.05) is 37.5 Å². The number of aromatic amines is 1. The minimum Gasteiger partial charge on any atom is -0.383 e. The van der Waals surface area contributed by atoms with E-state index in [1.165, 1.54) is 29.5 Å². The summed E-state index contributed by atoms with van der Waals surface area (Å²) in [7, 11) is 1.52. The third-order valence-electron chi connectivity index (χ3n) is 8.13. The molecule has 3 aliphatic rings. The summed E-state index contributed by atoms with van der Waals surface area (Å²) in [5, 5.41) is 7.15. The largest absolute Gasteiger partial charge is 0.416 e. The average Bonchev–Trinajstić information content (AvgIpc) is 3.33. The number of fused-ring (bicyclic) bond motifs is 1. The number of H-pyrrole nitrogens is 1. The summed E-state index contributed by atoms with van der Waals surface area (Å²) >= 11 is 1.26. The number of piperazine rings is 1. The summed E-state index contributed by atoms with van der Waals surface area (Å²) in [4.78, 5) is 34.5. The van der Waals surface area contributed by atoms with Crippen molar-refractivity contribution in [3.63, 3.8) is 0 Å². The van der Waals surface area contributed by atoms with Crippen LogP contribution < -0.4 is 10.6 Å². The zero-order valence-corrected chi connectivity index (χ0v) is 24.6. The van der Waals surface area contributed by atoms with E-state index in [-0.39, 0.29) is 54.5 Å². The van der Waals surface area contributed by atoms with Crippen molar-refractivity contribution in [2.45, 2.75) is 49.0 Å². The van der Waals surface area contributed by atoms with Gasteiger partial charge in [-0.1, -0.05) is 18.4 Å². The quantitative estimate of drug-likeness (QED) is 0.342. The molecule has 13 heteroatoms. The number of alkyl halides is 3. The minimum atomic E-state index is -4.74. The lowest BCUT2D eigenvalue weighted by Gasteiger charge is -2.45. The van der Waals surface area contributed by atoms with Crippen LogP contribution in [0.4, 0.5) is 19.0 Å². The van der Waals surface area contributed by atoms with Crippen LogP contribution in [0.3, 0.4) is 0 Å². The fourth-order valence-electron chi connectivity index (χ4n) is 6.45. The lowest BCUT2D eigenvalue weighted by atomic mass is 9.88. The molecule has 0 bridgehead atoms. The number of amides is 1. The first-order chi connectivity index (χ1) is 20.5. The first-order valence-electron chi connectivity index (χ1n) is 13.8. The van der Waals surface area contributed by atoms with Gasteiger partial charge in [0.15, 0.2) is 0 Å². The second kappa shape index (κ2) is 10.9. The smallest absolute Gasteiger partial charge is 0.383 e. The fourth-order valence-corrected chi connectivity index (χ4v) is 7.78. The molecule has 224 valence electrons. The molecule has 4 atom stereocenters. The van der Waals surface area contributed by atoms with Gasteiger partial charge in [-0.25, -0.2) is 4.79 Å². The van der Waals surface area contributed by atoms with Gasteiger partial charge in [0.05, 0.1) is 41.5 Å². The highest BCUT2D eigenvalue weighted by Crippen LogP contribution is 2.49. The molecular formula is C30H29F3N6O3S. The monoisotopic (exact) mass is 610 g/mol. The first-order valence-corrected chi connectivity index (χ1v) is 14.8. The number of nitrogens with one attached hydrogen (secondary N) is 1. The molecule has 1 fully saturated rings. The fraction of sp³-hybridized carbons (Fsp3) is 0.400. The normalized spacial score (nSPS) is 23.0. The van der Waals surface area contributed by atoms with E-state index in [0.29, 0.717) is 27.4 Å². The number of benzene rings is 1. The van der Waals surface area contributed by atoms with Gasteiger partial charge in [-0.05, 0) is 38.1 Å². The Morgan fingerprint density at radius 3 is 2.72 bits per heavy atom. The van der Waals surface area contributed by atoms with Crippen LogP contribution in [0.15, 0.2) is 40.7 Å². The Labute approximate surface area is 249 Å². The Hall–Kier alpha value is -4.02. The first kappa shape index (κ1) is 29.1. The van der Waals surface area contributed by atoms with E-state index < -0.39 is 29.4 Å². The number of carbonyl (C=O) groups is 1. The summed E-state index contributed by atoms with van der Waals surface area (Å²) in [6.07, 6.45) is 1.36. The maximum absolute atomic E-state index is 15.0. The molecular weight excluding hydrogens is 581 g/mol. The standard InChI is InChI=1S/C30H29F3N6O3S/c1-5-23(40)38-16(2)12-37(13-17(38)3)28-21-10-22(30(31,32)33)24(20-9-7-6-8-18-11-34-36-25(18)20)27-26(21)39(29(41)35-28)19(14-42-4)15-43-27/h5-6,8,10-11,16-17,19-20H,1,12-15H2,2-4H3,(H,34,36)/t16-,17+,19?,20?. The number of rotatable bonds is 5. The van der Waals surface area contributed by atoms with Crippen molar-refractivity contribution >= 4 is 40.5 Å². The highest BCUT2D eigenvalue weighted by molar-refractivity contribution is 7.99. The van der Waals surface area contributed by atoms with Gasteiger partial charge in [0.1, 0.15) is 5.82 Å². The van der Waals surface area contributed by atoms with Crippen LogP contribution in [0.5, 0.6) is 0 Å². The van der Waals surface area contributed by atoms with Gasteiger partial charge in [-0.2, -0.15) is 23.3 Å². The number of hydrogen-bond donors (Lipinski definition) is 1. The van der Waals surface area contributed by atoms with Crippen LogP contribution in [-0.2, 0) is 15.7 Å². The summed E-state index contributed by atoms with van der Waals surface area (Å²) in [6.45, 7) is 8.04. The van der Waals surface area contributed by atoms with E-state index in [1.54, 1.807) is 28.1 Å². The highest BCUT2D eigenvalue weighted by atomic mass is 32.2. The molecule has 3 aromatic rings. The van der Waals surface area contributed by atoms with Crippen LogP contribution in [0.25, 0.3) is 17.0 Å². The summed E-state index contributed by atoms with van der Waals surface area (Å²) < 4.78 is 52.0. The lowest BCUT2D eigenvalue weighted by Crippen LogP contribution is -2.58. The van der Waals surface area contributed by atoms with Crippen molar-refractivity contribution in [2.24, 2.45) is 0 Å². The number of thioether (sulfide) groups is 1. The van der Waals surface area contributed by atoms with Crippen LogP contribution in [0.1, 0.15) is 48.2 Å². The van der Waals surface area contributed by atoms with Gasteiger partial charge >= 0.3 is 11.9 Å². The molecule has 43 heavy (non-hydrogen) atoms. The number of halogens is 3. The van der Waals surface area contributed by atoms with Gasteiger partial charge < -0.3 is 14.5 Å². The SMILES string of the molecule is C=CC(=O)N1[C@H](C)CN(c2nc(=O)n3c4c(c(C5C#CC=Cc6cn[nH]c65)c(C(F)(F)F)cc24)SCC3COC)C[C@@H]1C. The van der Waals surface area contributed by atoms with Gasteiger partial charge in [-0.15, -0.1) is 11.8 Å². The number of carbonyl (C=O) groups excluding carboxylic acids is 1. The zero-order valence-electron chi connectivity index (χ0n) is 23.7. The molecule has 1 N–H and O–H groups in total. The van der Waals surface area contributed by atoms with Gasteiger partial charge in [0.25, 0.3) is 0 Å².